The number of rotatable bonds is 5. The van der Waals surface area contributed by atoms with Crippen molar-refractivity contribution in [3.8, 4) is 0 Å². The largest absolute Gasteiger partial charge is 0.379 e. The van der Waals surface area contributed by atoms with E-state index in [4.69, 9.17) is 0 Å². The Balaban J connectivity index is 1.30. The van der Waals surface area contributed by atoms with E-state index >= 15 is 0 Å². The fraction of sp³-hybridized carbons (Fsp3) is 0.333. The molecule has 0 saturated carbocycles. The lowest BCUT2D eigenvalue weighted by Gasteiger charge is -2.29. The van der Waals surface area contributed by atoms with Crippen LogP contribution in [0.4, 0.5) is 11.4 Å². The average molecular weight is 447 g/mol. The van der Waals surface area contributed by atoms with E-state index < -0.39 is 11.9 Å². The van der Waals surface area contributed by atoms with Crippen LogP contribution in [-0.2, 0) is 27.5 Å². The molecule has 2 aromatic carbocycles. The normalized spacial score (nSPS) is 20.7. The van der Waals surface area contributed by atoms with E-state index in [1.807, 2.05) is 42.5 Å². The average Bonchev–Trinajstić information content (AvgIpc) is 3.14. The van der Waals surface area contributed by atoms with Crippen molar-refractivity contribution < 1.29 is 19.2 Å². The zero-order chi connectivity index (χ0) is 22.9. The van der Waals surface area contributed by atoms with E-state index in [0.717, 1.165) is 29.0 Å². The van der Waals surface area contributed by atoms with E-state index in [0.29, 0.717) is 38.2 Å². The molecule has 0 aliphatic carbocycles. The van der Waals surface area contributed by atoms with Gasteiger partial charge >= 0.3 is 0 Å². The summed E-state index contributed by atoms with van der Waals surface area (Å²) in [5.41, 5.74) is 4.08. The molecule has 0 radical (unpaired) electrons. The lowest BCUT2D eigenvalue weighted by Crippen LogP contribution is -2.52. The molecule has 0 spiro atoms. The Kier molecular flexibility index (Phi) is 5.55. The zero-order valence-electron chi connectivity index (χ0n) is 18.1. The summed E-state index contributed by atoms with van der Waals surface area (Å²) in [6.07, 6.45) is 0.584. The first kappa shape index (κ1) is 21.1. The Morgan fingerprint density at radius 2 is 1.91 bits per heavy atom. The van der Waals surface area contributed by atoms with E-state index in [9.17, 15) is 19.2 Å². The summed E-state index contributed by atoms with van der Waals surface area (Å²) in [4.78, 5) is 52.4. The minimum absolute atomic E-state index is 0.0344. The number of piperazine rings is 1. The lowest BCUT2D eigenvalue weighted by atomic mass is 10.0. The maximum Gasteiger partial charge on any atom is 0.255 e. The molecule has 0 aromatic heterocycles. The molecule has 9 heteroatoms. The third-order valence-corrected chi connectivity index (χ3v) is 6.36. The van der Waals surface area contributed by atoms with Gasteiger partial charge in [-0.15, -0.1) is 0 Å². The van der Waals surface area contributed by atoms with Crippen molar-refractivity contribution in [2.24, 2.45) is 0 Å². The third-order valence-electron chi connectivity index (χ3n) is 6.36. The van der Waals surface area contributed by atoms with Gasteiger partial charge in [-0.2, -0.15) is 0 Å². The quantitative estimate of drug-likeness (QED) is 0.590. The second-order valence-corrected chi connectivity index (χ2v) is 8.48. The molecule has 33 heavy (non-hydrogen) atoms. The van der Waals surface area contributed by atoms with Crippen LogP contribution >= 0.6 is 0 Å². The monoisotopic (exact) mass is 447 g/mol. The number of para-hydroxylation sites is 2. The fourth-order valence-electron chi connectivity index (χ4n) is 4.63. The van der Waals surface area contributed by atoms with Crippen LogP contribution in [0.25, 0.3) is 0 Å². The number of benzene rings is 2. The maximum absolute atomic E-state index is 13.0. The Morgan fingerprint density at radius 1 is 1.06 bits per heavy atom. The van der Waals surface area contributed by atoms with Gasteiger partial charge in [-0.25, -0.2) is 0 Å². The molecule has 3 N–H and O–H groups in total. The number of carbonyl (C=O) groups is 4. The van der Waals surface area contributed by atoms with E-state index in [-0.39, 0.29) is 24.1 Å². The van der Waals surface area contributed by atoms with Gasteiger partial charge < -0.3 is 20.4 Å². The summed E-state index contributed by atoms with van der Waals surface area (Å²) in [5, 5.41) is 8.81. The lowest BCUT2D eigenvalue weighted by molar-refractivity contribution is -0.137. The van der Waals surface area contributed by atoms with Crippen LogP contribution < -0.4 is 20.9 Å². The summed E-state index contributed by atoms with van der Waals surface area (Å²) >= 11 is 0. The van der Waals surface area contributed by atoms with Gasteiger partial charge in [0.05, 0.1) is 17.9 Å². The maximum atomic E-state index is 13.0. The smallest absolute Gasteiger partial charge is 0.255 e. The highest BCUT2D eigenvalue weighted by Gasteiger charge is 2.39. The van der Waals surface area contributed by atoms with Crippen LogP contribution in [0.2, 0.25) is 0 Å². The Bertz CT molecular complexity index is 1150. The van der Waals surface area contributed by atoms with Gasteiger partial charge in [-0.05, 0) is 35.7 Å². The van der Waals surface area contributed by atoms with Gasteiger partial charge in [0.25, 0.3) is 5.91 Å². The minimum Gasteiger partial charge on any atom is -0.379 e. The van der Waals surface area contributed by atoms with Crippen LogP contribution in [-0.4, -0.2) is 54.2 Å². The zero-order valence-corrected chi connectivity index (χ0v) is 18.1. The molecule has 1 unspecified atom stereocenters. The van der Waals surface area contributed by atoms with Crippen molar-refractivity contribution >= 4 is 35.0 Å². The summed E-state index contributed by atoms with van der Waals surface area (Å²) in [7, 11) is 0. The molecule has 2 aromatic rings. The summed E-state index contributed by atoms with van der Waals surface area (Å²) in [5.74, 6) is -0.856. The number of nitrogens with one attached hydrogen (secondary N) is 3. The van der Waals surface area contributed by atoms with Crippen molar-refractivity contribution in [2.75, 3.05) is 29.9 Å². The van der Waals surface area contributed by atoms with Crippen LogP contribution in [0, 0.1) is 0 Å². The Labute approximate surface area is 191 Å². The molecule has 3 aliphatic rings. The van der Waals surface area contributed by atoms with E-state index in [1.54, 1.807) is 9.80 Å². The number of imide groups is 1. The number of nitrogens with zero attached hydrogens (tertiary/aromatic N) is 2. The summed E-state index contributed by atoms with van der Waals surface area (Å²) < 4.78 is 0. The molecule has 3 aliphatic heterocycles. The number of piperidine rings is 1. The molecule has 4 amide bonds. The molecule has 2 fully saturated rings. The SMILES string of the molecule is O=C1CCC(N2Cc3ccc(CNc4ccccc4N4CCNCC4=O)cc3C2=O)C(=O)N1. The molecular weight excluding hydrogens is 422 g/mol. The number of hydrogen-bond acceptors (Lipinski definition) is 6. The topological polar surface area (TPSA) is 111 Å². The number of amides is 4. The summed E-state index contributed by atoms with van der Waals surface area (Å²) in [6.45, 7) is 2.53. The van der Waals surface area contributed by atoms with Crippen molar-refractivity contribution in [1.82, 2.24) is 15.5 Å². The van der Waals surface area contributed by atoms with Gasteiger partial charge in [0, 0.05) is 38.2 Å². The first-order chi connectivity index (χ1) is 16.0. The molecule has 170 valence electrons. The van der Waals surface area contributed by atoms with E-state index in [1.165, 1.54) is 0 Å². The van der Waals surface area contributed by atoms with Crippen LogP contribution in [0.1, 0.15) is 34.3 Å². The molecule has 9 nitrogen and oxygen atoms in total. The molecule has 1 atom stereocenters. The highest BCUT2D eigenvalue weighted by Crippen LogP contribution is 2.30. The molecule has 3 heterocycles. The van der Waals surface area contributed by atoms with Crippen LogP contribution in [0.5, 0.6) is 0 Å². The highest BCUT2D eigenvalue weighted by atomic mass is 16.2. The van der Waals surface area contributed by atoms with Gasteiger partial charge in [-0.3, -0.25) is 24.5 Å². The molecule has 0 bridgehead atoms. The molecule has 2 saturated heterocycles. The first-order valence-corrected chi connectivity index (χ1v) is 11.1. The number of hydrogen-bond donors (Lipinski definition) is 3. The molecule has 5 rings (SSSR count). The molecular formula is C24H25N5O4. The summed E-state index contributed by atoms with van der Waals surface area (Å²) in [6, 6.07) is 12.8. The van der Waals surface area contributed by atoms with Gasteiger partial charge in [0.2, 0.25) is 17.7 Å². The number of anilines is 2. The van der Waals surface area contributed by atoms with Crippen molar-refractivity contribution in [3.05, 3.63) is 59.2 Å². The van der Waals surface area contributed by atoms with Crippen molar-refractivity contribution in [2.45, 2.75) is 32.0 Å². The van der Waals surface area contributed by atoms with E-state index in [2.05, 4.69) is 16.0 Å². The predicted molar refractivity (Wildman–Crippen MR) is 121 cm³/mol. The highest BCUT2D eigenvalue weighted by molar-refractivity contribution is 6.05. The van der Waals surface area contributed by atoms with Gasteiger partial charge in [-0.1, -0.05) is 24.3 Å². The standard InChI is InChI=1S/C24H25N5O4/c30-21-8-7-20(23(32)27-21)29-14-16-6-5-15(11-17(16)24(29)33)12-26-18-3-1-2-4-19(18)28-10-9-25-13-22(28)31/h1-6,11,20,25-26H,7-10,12-14H2,(H,27,30,32). The second kappa shape index (κ2) is 8.67. The fourth-order valence-corrected chi connectivity index (χ4v) is 4.63. The first-order valence-electron chi connectivity index (χ1n) is 11.1. The minimum atomic E-state index is -0.618. The van der Waals surface area contributed by atoms with Crippen LogP contribution in [0.3, 0.4) is 0 Å². The predicted octanol–water partition coefficient (Wildman–Crippen LogP) is 0.996. The number of carbonyl (C=O) groups excluding carboxylic acids is 4. The van der Waals surface area contributed by atoms with Gasteiger partial charge in [0.1, 0.15) is 6.04 Å². The van der Waals surface area contributed by atoms with Crippen LogP contribution in [0.15, 0.2) is 42.5 Å². The van der Waals surface area contributed by atoms with Gasteiger partial charge in [0.15, 0.2) is 0 Å². The second-order valence-electron chi connectivity index (χ2n) is 8.48. The Morgan fingerprint density at radius 3 is 2.73 bits per heavy atom. The Hall–Kier alpha value is -3.72. The van der Waals surface area contributed by atoms with Crippen molar-refractivity contribution in [3.63, 3.8) is 0 Å². The number of fused-ring (bicyclic) bond motifs is 1. The van der Waals surface area contributed by atoms with Crippen molar-refractivity contribution in [1.29, 1.82) is 0 Å². The third kappa shape index (κ3) is 4.07.